The van der Waals surface area contributed by atoms with Gasteiger partial charge in [0.05, 0.1) is 6.54 Å². The molecular formula is C15H29N5O3. The van der Waals surface area contributed by atoms with Gasteiger partial charge in [-0.3, -0.25) is 15.0 Å². The summed E-state index contributed by atoms with van der Waals surface area (Å²) in [4.78, 5) is 41.0. The van der Waals surface area contributed by atoms with Crippen LogP contribution >= 0.6 is 0 Å². The van der Waals surface area contributed by atoms with Crippen LogP contribution in [0.4, 0.5) is 9.59 Å². The van der Waals surface area contributed by atoms with Crippen molar-refractivity contribution >= 4 is 18.0 Å². The molecule has 0 aromatic carbocycles. The van der Waals surface area contributed by atoms with E-state index in [9.17, 15) is 14.4 Å². The van der Waals surface area contributed by atoms with E-state index in [0.717, 1.165) is 6.42 Å². The van der Waals surface area contributed by atoms with E-state index >= 15 is 0 Å². The molecule has 8 heteroatoms. The molecule has 0 atom stereocenters. The highest BCUT2D eigenvalue weighted by molar-refractivity contribution is 5.95. The number of rotatable bonds is 6. The maximum atomic E-state index is 12.2. The molecule has 2 N–H and O–H groups in total. The molecule has 5 amide bonds. The van der Waals surface area contributed by atoms with Crippen LogP contribution in [0.1, 0.15) is 27.2 Å². The fraction of sp³-hybridized carbons (Fsp3) is 0.800. The number of urea groups is 2. The second-order valence-corrected chi connectivity index (χ2v) is 5.52. The van der Waals surface area contributed by atoms with Gasteiger partial charge < -0.3 is 15.1 Å². The summed E-state index contributed by atoms with van der Waals surface area (Å²) in [6.45, 7) is 10.5. The van der Waals surface area contributed by atoms with Gasteiger partial charge in [0.25, 0.3) is 0 Å². The van der Waals surface area contributed by atoms with Gasteiger partial charge in [0, 0.05) is 45.8 Å². The molecule has 0 aromatic rings. The van der Waals surface area contributed by atoms with E-state index in [1.165, 1.54) is 0 Å². The zero-order valence-corrected chi connectivity index (χ0v) is 14.4. The molecule has 8 nitrogen and oxygen atoms in total. The van der Waals surface area contributed by atoms with Crippen LogP contribution in [0.5, 0.6) is 0 Å². The molecule has 0 bridgehead atoms. The molecule has 0 saturated carbocycles. The Morgan fingerprint density at radius 2 is 1.61 bits per heavy atom. The minimum Gasteiger partial charge on any atom is -0.338 e. The van der Waals surface area contributed by atoms with Gasteiger partial charge in [0.15, 0.2) is 0 Å². The normalized spacial score (nSPS) is 15.2. The highest BCUT2D eigenvalue weighted by Gasteiger charge is 2.25. The van der Waals surface area contributed by atoms with Crippen LogP contribution < -0.4 is 10.6 Å². The topological polar surface area (TPSA) is 85.0 Å². The molecule has 1 heterocycles. The lowest BCUT2D eigenvalue weighted by Crippen LogP contribution is -2.54. The van der Waals surface area contributed by atoms with E-state index in [2.05, 4.69) is 10.6 Å². The van der Waals surface area contributed by atoms with Gasteiger partial charge in [-0.1, -0.05) is 6.92 Å². The van der Waals surface area contributed by atoms with Gasteiger partial charge in [-0.15, -0.1) is 0 Å². The number of carbonyl (C=O) groups excluding carboxylic acids is 3. The Morgan fingerprint density at radius 3 is 2.13 bits per heavy atom. The third-order valence-corrected chi connectivity index (χ3v) is 3.83. The Balaban J connectivity index is 2.32. The first kappa shape index (κ1) is 19.2. The lowest BCUT2D eigenvalue weighted by molar-refractivity contribution is -0.121. The summed E-state index contributed by atoms with van der Waals surface area (Å²) in [5.41, 5.74) is 0. The maximum Gasteiger partial charge on any atom is 0.321 e. The van der Waals surface area contributed by atoms with Crippen molar-refractivity contribution in [1.82, 2.24) is 25.3 Å². The van der Waals surface area contributed by atoms with Gasteiger partial charge in [-0.2, -0.15) is 0 Å². The van der Waals surface area contributed by atoms with Crippen LogP contribution in [0.15, 0.2) is 0 Å². The Kier molecular flexibility index (Phi) is 8.39. The summed E-state index contributed by atoms with van der Waals surface area (Å²) >= 11 is 0. The summed E-state index contributed by atoms with van der Waals surface area (Å²) < 4.78 is 0. The minimum atomic E-state index is -0.452. The largest absolute Gasteiger partial charge is 0.338 e. The van der Waals surface area contributed by atoms with Crippen molar-refractivity contribution in [2.45, 2.75) is 27.2 Å². The van der Waals surface area contributed by atoms with Crippen molar-refractivity contribution < 1.29 is 14.4 Å². The average molecular weight is 327 g/mol. The van der Waals surface area contributed by atoms with Crippen molar-refractivity contribution in [2.24, 2.45) is 0 Å². The highest BCUT2D eigenvalue weighted by Crippen LogP contribution is 2.05. The third-order valence-electron chi connectivity index (χ3n) is 3.83. The molecule has 132 valence electrons. The number of nitrogens with one attached hydrogen (secondary N) is 2. The fourth-order valence-electron chi connectivity index (χ4n) is 2.44. The first-order valence-electron chi connectivity index (χ1n) is 8.35. The van der Waals surface area contributed by atoms with E-state index in [-0.39, 0.29) is 18.5 Å². The molecule has 1 aliphatic heterocycles. The Labute approximate surface area is 138 Å². The summed E-state index contributed by atoms with van der Waals surface area (Å²) in [5, 5.41) is 4.91. The van der Waals surface area contributed by atoms with Crippen molar-refractivity contribution in [3.05, 3.63) is 0 Å². The maximum absolute atomic E-state index is 12.2. The number of carbonyl (C=O) groups is 3. The molecule has 0 aromatic heterocycles. The summed E-state index contributed by atoms with van der Waals surface area (Å²) in [5.74, 6) is -0.317. The number of amides is 5. The lowest BCUT2D eigenvalue weighted by atomic mass is 10.3. The quantitative estimate of drug-likeness (QED) is 0.735. The van der Waals surface area contributed by atoms with Gasteiger partial charge in [0.2, 0.25) is 5.91 Å². The lowest BCUT2D eigenvalue weighted by Gasteiger charge is -2.36. The Hall–Kier alpha value is -1.83. The monoisotopic (exact) mass is 327 g/mol. The molecule has 0 unspecified atom stereocenters. The van der Waals surface area contributed by atoms with Crippen LogP contribution in [0.25, 0.3) is 0 Å². The second kappa shape index (κ2) is 10.0. The molecule has 23 heavy (non-hydrogen) atoms. The smallest absolute Gasteiger partial charge is 0.321 e. The van der Waals surface area contributed by atoms with E-state index in [1.54, 1.807) is 4.90 Å². The number of nitrogens with zero attached hydrogens (tertiary/aromatic N) is 3. The number of hydrogen-bond donors (Lipinski definition) is 2. The molecule has 1 fully saturated rings. The van der Waals surface area contributed by atoms with Crippen molar-refractivity contribution in [2.75, 3.05) is 52.4 Å². The van der Waals surface area contributed by atoms with E-state index in [4.69, 9.17) is 0 Å². The van der Waals surface area contributed by atoms with E-state index < -0.39 is 6.03 Å². The van der Waals surface area contributed by atoms with E-state index in [1.807, 2.05) is 30.6 Å². The van der Waals surface area contributed by atoms with Crippen LogP contribution in [-0.2, 0) is 4.79 Å². The van der Waals surface area contributed by atoms with Crippen LogP contribution in [-0.4, -0.2) is 85.0 Å². The zero-order valence-electron chi connectivity index (χ0n) is 14.4. The van der Waals surface area contributed by atoms with Crippen LogP contribution in [0.2, 0.25) is 0 Å². The minimum absolute atomic E-state index is 0.0537. The molecule has 1 rings (SSSR count). The number of hydrogen-bond acceptors (Lipinski definition) is 4. The van der Waals surface area contributed by atoms with Gasteiger partial charge >= 0.3 is 12.1 Å². The molecule has 0 radical (unpaired) electrons. The SMILES string of the molecule is CCCNC(=O)NC(=O)CN1CCN(C(=O)N(CC)CC)CC1. The molecular weight excluding hydrogens is 298 g/mol. The predicted octanol–water partition coefficient (Wildman–Crippen LogP) is 0.302. The molecule has 0 aliphatic carbocycles. The first-order valence-corrected chi connectivity index (χ1v) is 8.35. The fourth-order valence-corrected chi connectivity index (χ4v) is 2.44. The van der Waals surface area contributed by atoms with Crippen LogP contribution in [0, 0.1) is 0 Å². The summed E-state index contributed by atoms with van der Waals surface area (Å²) in [6, 6.07) is -0.398. The van der Waals surface area contributed by atoms with Gasteiger partial charge in [0.1, 0.15) is 0 Å². The van der Waals surface area contributed by atoms with Crippen molar-refractivity contribution in [3.63, 3.8) is 0 Å². The van der Waals surface area contributed by atoms with Crippen molar-refractivity contribution in [1.29, 1.82) is 0 Å². The third kappa shape index (κ3) is 6.43. The molecule has 1 aliphatic rings. The Morgan fingerprint density at radius 1 is 1.00 bits per heavy atom. The average Bonchev–Trinajstić information content (AvgIpc) is 2.54. The first-order chi connectivity index (χ1) is 11.0. The standard InChI is InChI=1S/C15H29N5O3/c1-4-7-16-14(22)17-13(21)12-18-8-10-20(11-9-18)15(23)19(5-2)6-3/h4-12H2,1-3H3,(H2,16,17,21,22). The number of imide groups is 1. The van der Waals surface area contributed by atoms with Gasteiger partial charge in [-0.25, -0.2) is 9.59 Å². The van der Waals surface area contributed by atoms with Gasteiger partial charge in [-0.05, 0) is 20.3 Å². The predicted molar refractivity (Wildman–Crippen MR) is 88.2 cm³/mol. The summed E-state index contributed by atoms with van der Waals surface area (Å²) in [6.07, 6.45) is 0.824. The second-order valence-electron chi connectivity index (χ2n) is 5.52. The highest BCUT2D eigenvalue weighted by atomic mass is 16.2. The number of piperazine rings is 1. The Bertz CT molecular complexity index is 404. The summed E-state index contributed by atoms with van der Waals surface area (Å²) in [7, 11) is 0. The van der Waals surface area contributed by atoms with Crippen LogP contribution in [0.3, 0.4) is 0 Å². The zero-order chi connectivity index (χ0) is 17.2. The van der Waals surface area contributed by atoms with E-state index in [0.29, 0.717) is 45.8 Å². The molecule has 0 spiro atoms. The molecule has 1 saturated heterocycles. The van der Waals surface area contributed by atoms with Crippen molar-refractivity contribution in [3.8, 4) is 0 Å².